The Morgan fingerprint density at radius 2 is 2.04 bits per heavy atom. The van der Waals surface area contributed by atoms with Crippen molar-refractivity contribution in [1.29, 1.82) is 0 Å². The van der Waals surface area contributed by atoms with E-state index in [2.05, 4.69) is 5.32 Å². The summed E-state index contributed by atoms with van der Waals surface area (Å²) in [5, 5.41) is 12.1. The number of hydrogen-bond donors (Lipinski definition) is 2. The van der Waals surface area contributed by atoms with Gasteiger partial charge >= 0.3 is 5.97 Å². The van der Waals surface area contributed by atoms with Crippen LogP contribution in [0.2, 0.25) is 5.02 Å². The molecule has 0 spiro atoms. The van der Waals surface area contributed by atoms with Crippen LogP contribution in [0.15, 0.2) is 24.3 Å². The minimum Gasteiger partial charge on any atom is -0.481 e. The van der Waals surface area contributed by atoms with Crippen molar-refractivity contribution in [3.05, 3.63) is 29.3 Å². The Hall–Kier alpha value is -1.79. The van der Waals surface area contributed by atoms with E-state index in [1.807, 2.05) is 0 Å². The molecule has 1 aromatic carbocycles. The average molecular weight is 344 g/mol. The Morgan fingerprint density at radius 3 is 2.57 bits per heavy atom. The lowest BCUT2D eigenvalue weighted by Gasteiger charge is -2.30. The van der Waals surface area contributed by atoms with Crippen molar-refractivity contribution in [3.63, 3.8) is 0 Å². The van der Waals surface area contributed by atoms with Crippen LogP contribution in [0, 0.1) is 0 Å². The third kappa shape index (κ3) is 6.08. The Balaban J connectivity index is 2.82. The first kappa shape index (κ1) is 19.3. The number of amides is 1. The Morgan fingerprint density at radius 1 is 1.39 bits per heavy atom. The SMILES string of the molecule is CCC(Oc1ccccc1Cl)C(=O)NC(C)(COC)CC(=O)O. The first-order chi connectivity index (χ1) is 10.8. The number of carboxylic acid groups (broad SMARTS) is 1. The van der Waals surface area contributed by atoms with E-state index in [1.54, 1.807) is 38.1 Å². The third-order valence-electron chi connectivity index (χ3n) is 3.20. The van der Waals surface area contributed by atoms with Gasteiger partial charge in [0.05, 0.1) is 23.6 Å². The van der Waals surface area contributed by atoms with Gasteiger partial charge in [-0.3, -0.25) is 9.59 Å². The summed E-state index contributed by atoms with van der Waals surface area (Å²) in [5.41, 5.74) is -1.02. The number of aliphatic carboxylic acids is 1. The van der Waals surface area contributed by atoms with E-state index in [0.29, 0.717) is 17.2 Å². The second kappa shape index (κ2) is 8.74. The van der Waals surface area contributed by atoms with Gasteiger partial charge in [0.1, 0.15) is 5.75 Å². The molecule has 6 nitrogen and oxygen atoms in total. The molecule has 0 heterocycles. The van der Waals surface area contributed by atoms with Gasteiger partial charge in [0, 0.05) is 7.11 Å². The molecule has 0 aliphatic carbocycles. The summed E-state index contributed by atoms with van der Waals surface area (Å²) in [4.78, 5) is 23.4. The molecule has 0 radical (unpaired) electrons. The van der Waals surface area contributed by atoms with E-state index < -0.39 is 23.5 Å². The van der Waals surface area contributed by atoms with Gasteiger partial charge in [-0.05, 0) is 25.5 Å². The van der Waals surface area contributed by atoms with Crippen LogP contribution in [0.1, 0.15) is 26.7 Å². The van der Waals surface area contributed by atoms with Crippen LogP contribution in [0.4, 0.5) is 0 Å². The van der Waals surface area contributed by atoms with E-state index >= 15 is 0 Å². The van der Waals surface area contributed by atoms with E-state index in [0.717, 1.165) is 0 Å². The molecule has 2 N–H and O–H groups in total. The van der Waals surface area contributed by atoms with Crippen LogP contribution < -0.4 is 10.1 Å². The van der Waals surface area contributed by atoms with Crippen molar-refractivity contribution >= 4 is 23.5 Å². The van der Waals surface area contributed by atoms with Crippen molar-refractivity contribution in [2.45, 2.75) is 38.3 Å². The van der Waals surface area contributed by atoms with E-state index in [9.17, 15) is 9.59 Å². The minimum absolute atomic E-state index is 0.0770. The smallest absolute Gasteiger partial charge is 0.305 e. The molecule has 1 aromatic rings. The van der Waals surface area contributed by atoms with Gasteiger partial charge < -0.3 is 19.9 Å². The van der Waals surface area contributed by atoms with Crippen LogP contribution in [0.25, 0.3) is 0 Å². The molecule has 0 aliphatic rings. The topological polar surface area (TPSA) is 84.9 Å². The van der Waals surface area contributed by atoms with Gasteiger partial charge in [-0.2, -0.15) is 0 Å². The molecule has 0 saturated carbocycles. The number of halogens is 1. The quantitative estimate of drug-likeness (QED) is 0.719. The van der Waals surface area contributed by atoms with Gasteiger partial charge in [-0.15, -0.1) is 0 Å². The van der Waals surface area contributed by atoms with Gasteiger partial charge in [0.2, 0.25) is 0 Å². The number of hydrogen-bond acceptors (Lipinski definition) is 4. The van der Waals surface area contributed by atoms with Gasteiger partial charge in [-0.25, -0.2) is 0 Å². The number of carbonyl (C=O) groups excluding carboxylic acids is 1. The number of methoxy groups -OCH3 is 1. The molecule has 0 aliphatic heterocycles. The molecule has 0 saturated heterocycles. The highest BCUT2D eigenvalue weighted by Crippen LogP contribution is 2.25. The molecule has 2 atom stereocenters. The molecule has 1 rings (SSSR count). The molecular weight excluding hydrogens is 322 g/mol. The zero-order valence-electron chi connectivity index (χ0n) is 13.5. The molecular formula is C16H22ClNO5. The monoisotopic (exact) mass is 343 g/mol. The van der Waals surface area contributed by atoms with Crippen molar-refractivity contribution < 1.29 is 24.2 Å². The Labute approximate surface area is 140 Å². The normalized spacial score (nSPS) is 14.6. The molecule has 2 unspecified atom stereocenters. The summed E-state index contributed by atoms with van der Waals surface area (Å²) in [5.74, 6) is -1.03. The summed E-state index contributed by atoms with van der Waals surface area (Å²) in [6.45, 7) is 3.49. The standard InChI is InChI=1S/C16H22ClNO5/c1-4-12(23-13-8-6-5-7-11(13)17)15(21)18-16(2,10-22-3)9-14(19)20/h5-8,12H,4,9-10H2,1-3H3,(H,18,21)(H,19,20). The van der Waals surface area contributed by atoms with Gasteiger partial charge in [0.15, 0.2) is 6.10 Å². The van der Waals surface area contributed by atoms with Gasteiger partial charge in [-0.1, -0.05) is 30.7 Å². The lowest BCUT2D eigenvalue weighted by Crippen LogP contribution is -2.54. The highest BCUT2D eigenvalue weighted by Gasteiger charge is 2.32. The molecule has 0 fully saturated rings. The summed E-state index contributed by atoms with van der Waals surface area (Å²) in [6.07, 6.45) is -0.623. The summed E-state index contributed by atoms with van der Waals surface area (Å²) in [7, 11) is 1.45. The molecule has 1 amide bonds. The maximum absolute atomic E-state index is 12.4. The van der Waals surface area contributed by atoms with Crippen molar-refractivity contribution in [2.75, 3.05) is 13.7 Å². The second-order valence-electron chi connectivity index (χ2n) is 5.50. The van der Waals surface area contributed by atoms with Crippen LogP contribution in [0.5, 0.6) is 5.75 Å². The minimum atomic E-state index is -1.02. The zero-order valence-corrected chi connectivity index (χ0v) is 14.2. The zero-order chi connectivity index (χ0) is 17.5. The number of para-hydroxylation sites is 1. The molecule has 128 valence electrons. The molecule has 7 heteroatoms. The van der Waals surface area contributed by atoms with Crippen LogP contribution >= 0.6 is 11.6 Å². The number of nitrogens with one attached hydrogen (secondary N) is 1. The fourth-order valence-corrected chi connectivity index (χ4v) is 2.36. The first-order valence-electron chi connectivity index (χ1n) is 7.25. The fraction of sp³-hybridized carbons (Fsp3) is 0.500. The first-order valence-corrected chi connectivity index (χ1v) is 7.63. The van der Waals surface area contributed by atoms with E-state index in [4.69, 9.17) is 26.2 Å². The number of ether oxygens (including phenoxy) is 2. The predicted molar refractivity (Wildman–Crippen MR) is 86.8 cm³/mol. The lowest BCUT2D eigenvalue weighted by molar-refractivity contribution is -0.140. The second-order valence-corrected chi connectivity index (χ2v) is 5.91. The van der Waals surface area contributed by atoms with Crippen molar-refractivity contribution in [1.82, 2.24) is 5.32 Å². The van der Waals surface area contributed by atoms with Crippen LogP contribution in [-0.4, -0.2) is 42.3 Å². The van der Waals surface area contributed by atoms with E-state index in [-0.39, 0.29) is 13.0 Å². The Bertz CT molecular complexity index is 551. The van der Waals surface area contributed by atoms with Crippen LogP contribution in [0.3, 0.4) is 0 Å². The summed E-state index contributed by atoms with van der Waals surface area (Å²) >= 11 is 6.03. The fourth-order valence-electron chi connectivity index (χ4n) is 2.18. The lowest BCUT2D eigenvalue weighted by atomic mass is 9.98. The molecule has 23 heavy (non-hydrogen) atoms. The average Bonchev–Trinajstić information content (AvgIpc) is 2.45. The predicted octanol–water partition coefficient (Wildman–Crippen LogP) is 2.49. The van der Waals surface area contributed by atoms with Crippen LogP contribution in [-0.2, 0) is 14.3 Å². The van der Waals surface area contributed by atoms with E-state index in [1.165, 1.54) is 7.11 Å². The third-order valence-corrected chi connectivity index (χ3v) is 3.51. The maximum atomic E-state index is 12.4. The maximum Gasteiger partial charge on any atom is 0.305 e. The number of benzene rings is 1. The Kier molecular flexibility index (Phi) is 7.32. The number of carbonyl (C=O) groups is 2. The highest BCUT2D eigenvalue weighted by molar-refractivity contribution is 6.32. The number of carboxylic acids is 1. The molecule has 0 aromatic heterocycles. The van der Waals surface area contributed by atoms with Crippen molar-refractivity contribution in [3.8, 4) is 5.75 Å². The van der Waals surface area contributed by atoms with Gasteiger partial charge in [0.25, 0.3) is 5.91 Å². The molecule has 0 bridgehead atoms. The summed E-state index contributed by atoms with van der Waals surface area (Å²) in [6, 6.07) is 6.86. The largest absolute Gasteiger partial charge is 0.481 e. The highest BCUT2D eigenvalue weighted by atomic mass is 35.5. The number of rotatable bonds is 9. The summed E-state index contributed by atoms with van der Waals surface area (Å²) < 4.78 is 10.7. The van der Waals surface area contributed by atoms with Crippen molar-refractivity contribution in [2.24, 2.45) is 0 Å².